The second-order valence-electron chi connectivity index (χ2n) is 7.80. The Bertz CT molecular complexity index is 539. The minimum atomic E-state index is 0. The third-order valence-corrected chi connectivity index (χ3v) is 5.62. The van der Waals surface area contributed by atoms with Crippen molar-refractivity contribution in [2.24, 2.45) is 10.4 Å². The van der Waals surface area contributed by atoms with E-state index in [1.54, 1.807) is 0 Å². The van der Waals surface area contributed by atoms with Gasteiger partial charge in [0.15, 0.2) is 5.96 Å². The fourth-order valence-corrected chi connectivity index (χ4v) is 3.55. The van der Waals surface area contributed by atoms with E-state index in [0.717, 1.165) is 32.0 Å². The predicted octanol–water partition coefficient (Wildman–Crippen LogP) is 4.30. The molecule has 0 bridgehead atoms. The molecule has 2 rings (SSSR count). The van der Waals surface area contributed by atoms with Gasteiger partial charge in [-0.05, 0) is 69.6 Å². The Morgan fingerprint density at radius 1 is 1.19 bits per heavy atom. The summed E-state index contributed by atoms with van der Waals surface area (Å²) in [5.41, 5.74) is 1.87. The lowest BCUT2D eigenvalue weighted by Crippen LogP contribution is -2.44. The third kappa shape index (κ3) is 8.81. The number of hydrogen-bond donors (Lipinski definition) is 2. The van der Waals surface area contributed by atoms with Gasteiger partial charge in [0.2, 0.25) is 0 Å². The number of nitrogens with zero attached hydrogens (tertiary/aromatic N) is 2. The normalized spacial score (nSPS) is 16.6. The third-order valence-electron chi connectivity index (χ3n) is 5.62. The summed E-state index contributed by atoms with van der Waals surface area (Å²) in [6, 6.07) is 11.3. The summed E-state index contributed by atoms with van der Waals surface area (Å²) in [5.74, 6) is 0.944. The van der Waals surface area contributed by atoms with E-state index in [1.165, 1.54) is 37.8 Å². The molecule has 0 radical (unpaired) electrons. The van der Waals surface area contributed by atoms with Crippen LogP contribution in [0.25, 0.3) is 0 Å². The lowest BCUT2D eigenvalue weighted by molar-refractivity contribution is 0.292. The molecule has 1 aromatic carbocycles. The Labute approximate surface area is 183 Å². The molecule has 1 aliphatic rings. The molecular formula is C22H39IN4. The van der Waals surface area contributed by atoms with Crippen molar-refractivity contribution in [3.05, 3.63) is 35.9 Å². The van der Waals surface area contributed by atoms with Crippen molar-refractivity contribution >= 4 is 29.9 Å². The van der Waals surface area contributed by atoms with E-state index in [0.29, 0.717) is 11.5 Å². The molecule has 0 aromatic heterocycles. The van der Waals surface area contributed by atoms with Gasteiger partial charge in [-0.3, -0.25) is 4.99 Å². The van der Waals surface area contributed by atoms with E-state index < -0.39 is 0 Å². The van der Waals surface area contributed by atoms with Crippen molar-refractivity contribution in [1.82, 2.24) is 15.5 Å². The Kier molecular flexibility index (Phi) is 11.3. The highest BCUT2D eigenvalue weighted by atomic mass is 127. The second kappa shape index (κ2) is 12.6. The molecule has 154 valence electrons. The van der Waals surface area contributed by atoms with Crippen LogP contribution in [0.2, 0.25) is 0 Å². The van der Waals surface area contributed by atoms with Gasteiger partial charge in [0, 0.05) is 19.6 Å². The molecule has 27 heavy (non-hydrogen) atoms. The van der Waals surface area contributed by atoms with Crippen LogP contribution >= 0.6 is 24.0 Å². The van der Waals surface area contributed by atoms with Crippen LogP contribution in [-0.4, -0.2) is 50.1 Å². The maximum absolute atomic E-state index is 4.43. The maximum atomic E-state index is 4.43. The Hall–Kier alpha value is -0.820. The minimum absolute atomic E-state index is 0. The van der Waals surface area contributed by atoms with Gasteiger partial charge in [0.25, 0.3) is 0 Å². The molecule has 1 unspecified atom stereocenters. The number of aliphatic imine (C=N–C) groups is 1. The first-order chi connectivity index (χ1) is 12.6. The topological polar surface area (TPSA) is 39.7 Å². The van der Waals surface area contributed by atoms with Crippen LogP contribution < -0.4 is 10.6 Å². The van der Waals surface area contributed by atoms with E-state index in [-0.39, 0.29) is 24.0 Å². The summed E-state index contributed by atoms with van der Waals surface area (Å²) < 4.78 is 0. The van der Waals surface area contributed by atoms with E-state index in [2.05, 4.69) is 71.6 Å². The van der Waals surface area contributed by atoms with Crippen molar-refractivity contribution in [3.8, 4) is 0 Å². The largest absolute Gasteiger partial charge is 0.356 e. The highest BCUT2D eigenvalue weighted by Crippen LogP contribution is 2.47. The lowest BCUT2D eigenvalue weighted by Gasteiger charge is -2.23. The summed E-state index contributed by atoms with van der Waals surface area (Å²) in [4.78, 5) is 6.91. The van der Waals surface area contributed by atoms with Crippen LogP contribution in [-0.2, 0) is 6.42 Å². The van der Waals surface area contributed by atoms with Crippen molar-refractivity contribution in [2.75, 3.05) is 33.2 Å². The molecule has 1 aromatic rings. The Morgan fingerprint density at radius 2 is 1.85 bits per heavy atom. The zero-order chi connectivity index (χ0) is 18.8. The maximum Gasteiger partial charge on any atom is 0.191 e. The molecule has 0 saturated heterocycles. The smallest absolute Gasteiger partial charge is 0.191 e. The average molecular weight is 486 g/mol. The number of halogens is 1. The van der Waals surface area contributed by atoms with Gasteiger partial charge in [-0.2, -0.15) is 0 Å². The zero-order valence-electron chi connectivity index (χ0n) is 17.6. The van der Waals surface area contributed by atoms with Crippen LogP contribution in [0.5, 0.6) is 0 Å². The number of rotatable bonds is 11. The fraction of sp³-hybridized carbons (Fsp3) is 0.682. The molecule has 4 nitrogen and oxygen atoms in total. The standard InChI is InChI=1S/C22H38N4.HI/c1-5-26(6-2)16-10-11-19(3)25-21(23-4)24-18-22(14-15-22)17-20-12-8-7-9-13-20;/h7-9,12-13,19H,5-6,10-11,14-18H2,1-4H3,(H2,23,24,25);1H. The molecule has 0 aliphatic heterocycles. The van der Waals surface area contributed by atoms with Gasteiger partial charge >= 0.3 is 0 Å². The molecule has 0 heterocycles. The molecule has 1 atom stereocenters. The second-order valence-corrected chi connectivity index (χ2v) is 7.80. The zero-order valence-corrected chi connectivity index (χ0v) is 20.0. The Balaban J connectivity index is 0.00000364. The van der Waals surface area contributed by atoms with E-state index >= 15 is 0 Å². The van der Waals surface area contributed by atoms with E-state index in [9.17, 15) is 0 Å². The number of benzene rings is 1. The van der Waals surface area contributed by atoms with E-state index in [4.69, 9.17) is 0 Å². The quantitative estimate of drug-likeness (QED) is 0.278. The number of guanidine groups is 1. The summed E-state index contributed by atoms with van der Waals surface area (Å²) in [6.07, 6.45) is 6.19. The van der Waals surface area contributed by atoms with Crippen LogP contribution in [0.4, 0.5) is 0 Å². The fourth-order valence-electron chi connectivity index (χ4n) is 3.55. The summed E-state index contributed by atoms with van der Waals surface area (Å²) in [7, 11) is 1.87. The number of hydrogen-bond acceptors (Lipinski definition) is 2. The molecule has 1 saturated carbocycles. The summed E-state index contributed by atoms with van der Waals surface area (Å²) in [6.45, 7) is 11.2. The van der Waals surface area contributed by atoms with E-state index in [1.807, 2.05) is 7.05 Å². The van der Waals surface area contributed by atoms with Crippen LogP contribution in [0, 0.1) is 5.41 Å². The monoisotopic (exact) mass is 486 g/mol. The van der Waals surface area contributed by atoms with Crippen LogP contribution in [0.3, 0.4) is 0 Å². The van der Waals surface area contributed by atoms with Gasteiger partial charge in [-0.25, -0.2) is 0 Å². The van der Waals surface area contributed by atoms with Gasteiger partial charge in [-0.1, -0.05) is 44.2 Å². The van der Waals surface area contributed by atoms with Gasteiger partial charge in [0.1, 0.15) is 0 Å². The molecule has 1 aliphatic carbocycles. The first kappa shape index (κ1) is 24.2. The van der Waals surface area contributed by atoms with Gasteiger partial charge < -0.3 is 15.5 Å². The lowest BCUT2D eigenvalue weighted by atomic mass is 9.96. The molecular weight excluding hydrogens is 447 g/mol. The first-order valence-corrected chi connectivity index (χ1v) is 10.3. The highest BCUT2D eigenvalue weighted by Gasteiger charge is 2.42. The summed E-state index contributed by atoms with van der Waals surface area (Å²) >= 11 is 0. The number of nitrogens with one attached hydrogen (secondary N) is 2. The minimum Gasteiger partial charge on any atom is -0.356 e. The molecule has 5 heteroatoms. The first-order valence-electron chi connectivity index (χ1n) is 10.3. The highest BCUT2D eigenvalue weighted by molar-refractivity contribution is 14.0. The van der Waals surface area contributed by atoms with Gasteiger partial charge in [0.05, 0.1) is 0 Å². The average Bonchev–Trinajstić information content (AvgIpc) is 3.42. The van der Waals surface area contributed by atoms with Gasteiger partial charge in [-0.15, -0.1) is 24.0 Å². The SMILES string of the molecule is CCN(CC)CCCC(C)NC(=NC)NCC1(Cc2ccccc2)CC1.I. The van der Waals surface area contributed by atoms with Crippen LogP contribution in [0.15, 0.2) is 35.3 Å². The predicted molar refractivity (Wildman–Crippen MR) is 128 cm³/mol. The molecule has 2 N–H and O–H groups in total. The van der Waals surface area contributed by atoms with Crippen molar-refractivity contribution in [1.29, 1.82) is 0 Å². The molecule has 1 fully saturated rings. The molecule has 0 amide bonds. The van der Waals surface area contributed by atoms with Crippen molar-refractivity contribution in [2.45, 2.75) is 58.9 Å². The Morgan fingerprint density at radius 3 is 2.41 bits per heavy atom. The summed E-state index contributed by atoms with van der Waals surface area (Å²) in [5, 5.41) is 7.13. The van der Waals surface area contributed by atoms with Crippen LogP contribution in [0.1, 0.15) is 52.0 Å². The van der Waals surface area contributed by atoms with Crippen molar-refractivity contribution < 1.29 is 0 Å². The molecule has 0 spiro atoms. The van der Waals surface area contributed by atoms with Crippen molar-refractivity contribution in [3.63, 3.8) is 0 Å².